The highest BCUT2D eigenvalue weighted by atomic mass is 16.5. The number of methoxy groups -OCH3 is 2. The zero-order chi connectivity index (χ0) is 14.9. The van der Waals surface area contributed by atoms with E-state index in [2.05, 4.69) is 10.2 Å². The lowest BCUT2D eigenvalue weighted by atomic mass is 9.90. The van der Waals surface area contributed by atoms with E-state index in [0.717, 1.165) is 45.3 Å². The molecule has 1 heterocycles. The van der Waals surface area contributed by atoms with Crippen LogP contribution in [0, 0.1) is 5.92 Å². The van der Waals surface area contributed by atoms with Crippen LogP contribution in [0.3, 0.4) is 0 Å². The summed E-state index contributed by atoms with van der Waals surface area (Å²) in [6, 6.07) is 0.515. The number of carbonyl (C=O) groups is 1. The standard InChI is InChI=1S/C16H28N2O3/c1-20-14-7-9-18(10-8-14)11-16(12-3-4-12,15(19)21-2)17-13-5-6-13/h12-14,17H,3-11H2,1-2H3. The van der Waals surface area contributed by atoms with Crippen molar-refractivity contribution in [1.29, 1.82) is 0 Å². The van der Waals surface area contributed by atoms with E-state index in [0.29, 0.717) is 18.1 Å². The number of nitrogens with zero attached hydrogens (tertiary/aromatic N) is 1. The Morgan fingerprint density at radius 1 is 1.14 bits per heavy atom. The van der Waals surface area contributed by atoms with E-state index in [9.17, 15) is 4.79 Å². The second-order valence-electron chi connectivity index (χ2n) is 6.87. The van der Waals surface area contributed by atoms with Crippen LogP contribution in [0.2, 0.25) is 0 Å². The highest BCUT2D eigenvalue weighted by molar-refractivity contribution is 5.82. The van der Waals surface area contributed by atoms with Gasteiger partial charge >= 0.3 is 5.97 Å². The van der Waals surface area contributed by atoms with Gasteiger partial charge in [-0.3, -0.25) is 5.32 Å². The first-order chi connectivity index (χ1) is 10.2. The van der Waals surface area contributed by atoms with Crippen molar-refractivity contribution >= 4 is 5.97 Å². The molecule has 120 valence electrons. The molecule has 1 unspecified atom stereocenters. The normalized spacial score (nSPS) is 27.3. The van der Waals surface area contributed by atoms with Gasteiger partial charge in [0.2, 0.25) is 0 Å². The van der Waals surface area contributed by atoms with Gasteiger partial charge in [-0.05, 0) is 44.4 Å². The first-order valence-electron chi connectivity index (χ1n) is 8.29. The number of likely N-dealkylation sites (tertiary alicyclic amines) is 1. The summed E-state index contributed by atoms with van der Waals surface area (Å²) in [5.74, 6) is 0.386. The summed E-state index contributed by atoms with van der Waals surface area (Å²) in [6.45, 7) is 2.81. The van der Waals surface area contributed by atoms with Crippen molar-refractivity contribution in [2.24, 2.45) is 5.92 Å². The van der Waals surface area contributed by atoms with Crippen molar-refractivity contribution in [3.05, 3.63) is 0 Å². The molecule has 1 saturated heterocycles. The van der Waals surface area contributed by atoms with Crippen molar-refractivity contribution in [3.63, 3.8) is 0 Å². The number of hydrogen-bond donors (Lipinski definition) is 1. The molecule has 1 atom stereocenters. The third-order valence-electron chi connectivity index (χ3n) is 5.20. The van der Waals surface area contributed by atoms with Crippen molar-refractivity contribution < 1.29 is 14.3 Å². The molecule has 3 aliphatic rings. The zero-order valence-electron chi connectivity index (χ0n) is 13.3. The largest absolute Gasteiger partial charge is 0.468 e. The molecular formula is C16H28N2O3. The molecule has 5 nitrogen and oxygen atoms in total. The molecule has 2 saturated carbocycles. The van der Waals surface area contributed by atoms with Crippen LogP contribution in [0.5, 0.6) is 0 Å². The first kappa shape index (κ1) is 15.3. The first-order valence-corrected chi connectivity index (χ1v) is 8.29. The minimum atomic E-state index is -0.476. The molecule has 0 spiro atoms. The summed E-state index contributed by atoms with van der Waals surface area (Å²) < 4.78 is 10.6. The van der Waals surface area contributed by atoms with Crippen LogP contribution in [-0.2, 0) is 14.3 Å². The highest BCUT2D eigenvalue weighted by Crippen LogP contribution is 2.43. The summed E-state index contributed by atoms with van der Waals surface area (Å²) in [5, 5.41) is 3.64. The van der Waals surface area contributed by atoms with E-state index in [1.165, 1.54) is 20.0 Å². The van der Waals surface area contributed by atoms with Gasteiger partial charge in [-0.15, -0.1) is 0 Å². The Balaban J connectivity index is 1.67. The molecule has 21 heavy (non-hydrogen) atoms. The number of piperidine rings is 1. The molecule has 0 aromatic carbocycles. The minimum Gasteiger partial charge on any atom is -0.468 e. The monoisotopic (exact) mass is 296 g/mol. The zero-order valence-corrected chi connectivity index (χ0v) is 13.3. The second kappa shape index (κ2) is 6.23. The Morgan fingerprint density at radius 2 is 1.81 bits per heavy atom. The quantitative estimate of drug-likeness (QED) is 0.715. The van der Waals surface area contributed by atoms with Crippen LogP contribution < -0.4 is 5.32 Å². The predicted octanol–water partition coefficient (Wildman–Crippen LogP) is 1.17. The lowest BCUT2D eigenvalue weighted by Crippen LogP contribution is -2.62. The summed E-state index contributed by atoms with van der Waals surface area (Å²) in [7, 11) is 3.31. The Kier molecular flexibility index (Phi) is 4.52. The van der Waals surface area contributed by atoms with Gasteiger partial charge in [0.1, 0.15) is 5.54 Å². The average molecular weight is 296 g/mol. The van der Waals surface area contributed by atoms with Gasteiger partial charge in [-0.25, -0.2) is 4.79 Å². The molecule has 0 aromatic heterocycles. The van der Waals surface area contributed by atoms with Gasteiger partial charge in [0.25, 0.3) is 0 Å². The maximum atomic E-state index is 12.5. The van der Waals surface area contributed by atoms with Crippen molar-refractivity contribution in [2.45, 2.75) is 56.2 Å². The van der Waals surface area contributed by atoms with Crippen LogP contribution in [0.1, 0.15) is 38.5 Å². The molecule has 0 radical (unpaired) electrons. The highest BCUT2D eigenvalue weighted by Gasteiger charge is 2.54. The number of esters is 1. The Bertz CT molecular complexity index is 374. The number of ether oxygens (including phenoxy) is 2. The van der Waals surface area contributed by atoms with E-state index in [1.54, 1.807) is 7.11 Å². The van der Waals surface area contributed by atoms with Crippen LogP contribution in [0.15, 0.2) is 0 Å². The molecular weight excluding hydrogens is 268 g/mol. The lowest BCUT2D eigenvalue weighted by molar-refractivity contribution is -0.151. The SMILES string of the molecule is COC(=O)C(CN1CCC(OC)CC1)(NC1CC1)C1CC1. The minimum absolute atomic E-state index is 0.0641. The average Bonchev–Trinajstić information content (AvgIpc) is 3.39. The molecule has 0 aromatic rings. The second-order valence-corrected chi connectivity index (χ2v) is 6.87. The summed E-state index contributed by atoms with van der Waals surface area (Å²) >= 11 is 0. The van der Waals surface area contributed by atoms with Crippen LogP contribution in [-0.4, -0.2) is 62.4 Å². The molecule has 0 bridgehead atoms. The van der Waals surface area contributed by atoms with E-state index in [-0.39, 0.29) is 5.97 Å². The summed E-state index contributed by atoms with van der Waals surface area (Å²) in [4.78, 5) is 15.0. The van der Waals surface area contributed by atoms with Gasteiger partial charge in [-0.2, -0.15) is 0 Å². The Labute approximate surface area is 127 Å². The number of nitrogens with one attached hydrogen (secondary N) is 1. The Hall–Kier alpha value is -0.650. The van der Waals surface area contributed by atoms with E-state index in [1.807, 2.05) is 0 Å². The van der Waals surface area contributed by atoms with Crippen molar-refractivity contribution in [3.8, 4) is 0 Å². The molecule has 1 aliphatic heterocycles. The predicted molar refractivity (Wildman–Crippen MR) is 80.1 cm³/mol. The molecule has 1 N–H and O–H groups in total. The van der Waals surface area contributed by atoms with Crippen LogP contribution >= 0.6 is 0 Å². The number of rotatable bonds is 7. The van der Waals surface area contributed by atoms with E-state index < -0.39 is 5.54 Å². The number of hydrogen-bond acceptors (Lipinski definition) is 5. The van der Waals surface area contributed by atoms with Crippen molar-refractivity contribution in [1.82, 2.24) is 10.2 Å². The molecule has 0 amide bonds. The van der Waals surface area contributed by atoms with Crippen molar-refractivity contribution in [2.75, 3.05) is 33.9 Å². The lowest BCUT2D eigenvalue weighted by Gasteiger charge is -2.40. The van der Waals surface area contributed by atoms with Crippen LogP contribution in [0.4, 0.5) is 0 Å². The third-order valence-corrected chi connectivity index (χ3v) is 5.20. The molecule has 3 rings (SSSR count). The van der Waals surface area contributed by atoms with Gasteiger partial charge in [0.15, 0.2) is 0 Å². The van der Waals surface area contributed by atoms with E-state index in [4.69, 9.17) is 9.47 Å². The van der Waals surface area contributed by atoms with Crippen LogP contribution in [0.25, 0.3) is 0 Å². The summed E-state index contributed by atoms with van der Waals surface area (Å²) in [5.41, 5.74) is -0.476. The number of carbonyl (C=O) groups excluding carboxylic acids is 1. The molecule has 3 fully saturated rings. The summed E-state index contributed by atoms with van der Waals surface area (Å²) in [6.07, 6.45) is 7.16. The van der Waals surface area contributed by atoms with Gasteiger partial charge in [0.05, 0.1) is 13.2 Å². The van der Waals surface area contributed by atoms with Gasteiger partial charge in [-0.1, -0.05) is 0 Å². The molecule has 5 heteroatoms. The maximum absolute atomic E-state index is 12.5. The van der Waals surface area contributed by atoms with Gasteiger partial charge < -0.3 is 14.4 Å². The smallest absolute Gasteiger partial charge is 0.327 e. The Morgan fingerprint density at radius 3 is 2.29 bits per heavy atom. The molecule has 2 aliphatic carbocycles. The van der Waals surface area contributed by atoms with Gasteiger partial charge in [0, 0.05) is 32.8 Å². The third kappa shape index (κ3) is 3.41. The fourth-order valence-electron chi connectivity index (χ4n) is 3.59. The fraction of sp³-hybridized carbons (Fsp3) is 0.938. The fourth-order valence-corrected chi connectivity index (χ4v) is 3.59. The topological polar surface area (TPSA) is 50.8 Å². The van der Waals surface area contributed by atoms with E-state index >= 15 is 0 Å². The maximum Gasteiger partial charge on any atom is 0.327 e.